The van der Waals surface area contributed by atoms with Crippen LogP contribution in [0.25, 0.3) is 0 Å². The number of piperidine rings is 1. The Morgan fingerprint density at radius 3 is 2.55 bits per heavy atom. The molecule has 1 atom stereocenters. The Kier molecular flexibility index (Phi) is 5.79. The van der Waals surface area contributed by atoms with Crippen LogP contribution in [0.3, 0.4) is 0 Å². The van der Waals surface area contributed by atoms with E-state index in [9.17, 15) is 22.8 Å². The number of hydrogen-bond donors (Lipinski definition) is 1. The summed E-state index contributed by atoms with van der Waals surface area (Å²) in [6.45, 7) is 0.823. The van der Waals surface area contributed by atoms with Gasteiger partial charge in [-0.15, -0.1) is 0 Å². The van der Waals surface area contributed by atoms with Crippen LogP contribution >= 0.6 is 0 Å². The van der Waals surface area contributed by atoms with E-state index in [-0.39, 0.29) is 19.6 Å². The van der Waals surface area contributed by atoms with Gasteiger partial charge in [0.15, 0.2) is 0 Å². The lowest BCUT2D eigenvalue weighted by Gasteiger charge is -2.34. The Morgan fingerprint density at radius 2 is 2.05 bits per heavy atom. The number of likely N-dealkylation sites (tertiary alicyclic amines) is 1. The number of hydrogen-bond acceptors (Lipinski definition) is 3. The van der Waals surface area contributed by atoms with Crippen molar-refractivity contribution in [1.29, 1.82) is 0 Å². The van der Waals surface area contributed by atoms with Crippen LogP contribution in [-0.2, 0) is 9.59 Å². The fraction of sp³-hybridized carbons (Fsp3) is 0.833. The van der Waals surface area contributed by atoms with Crippen molar-refractivity contribution in [3.63, 3.8) is 0 Å². The van der Waals surface area contributed by atoms with Crippen molar-refractivity contribution in [2.75, 3.05) is 32.7 Å². The van der Waals surface area contributed by atoms with E-state index in [2.05, 4.69) is 0 Å². The average molecular weight is 296 g/mol. The zero-order valence-corrected chi connectivity index (χ0v) is 11.3. The van der Waals surface area contributed by atoms with Gasteiger partial charge in [-0.3, -0.25) is 14.5 Å². The molecule has 8 heteroatoms. The first-order valence-electron chi connectivity index (χ1n) is 6.52. The second kappa shape index (κ2) is 6.92. The number of aliphatic carboxylic acids is 1. The quantitative estimate of drug-likeness (QED) is 0.828. The molecular weight excluding hydrogens is 277 g/mol. The van der Waals surface area contributed by atoms with Gasteiger partial charge in [0.05, 0.1) is 12.5 Å². The van der Waals surface area contributed by atoms with Crippen LogP contribution in [0.2, 0.25) is 0 Å². The van der Waals surface area contributed by atoms with Gasteiger partial charge in [0.2, 0.25) is 5.91 Å². The lowest BCUT2D eigenvalue weighted by atomic mass is 9.96. The molecule has 1 unspecified atom stereocenters. The highest BCUT2D eigenvalue weighted by Crippen LogP contribution is 2.22. The molecule has 0 bridgehead atoms. The fourth-order valence-corrected chi connectivity index (χ4v) is 2.41. The number of carbonyl (C=O) groups is 2. The van der Waals surface area contributed by atoms with Crippen molar-refractivity contribution >= 4 is 11.9 Å². The average Bonchev–Trinajstić information content (AvgIpc) is 2.33. The maximum Gasteiger partial charge on any atom is 0.406 e. The van der Waals surface area contributed by atoms with Crippen molar-refractivity contribution in [3.8, 4) is 0 Å². The molecule has 0 aromatic carbocycles. The first kappa shape index (κ1) is 16.7. The number of amides is 1. The third kappa shape index (κ3) is 5.36. The molecule has 1 heterocycles. The molecule has 0 spiro atoms. The molecule has 1 aliphatic rings. The maximum absolute atomic E-state index is 12.4. The number of carboxylic acid groups (broad SMARTS) is 1. The zero-order chi connectivity index (χ0) is 15.3. The van der Waals surface area contributed by atoms with Gasteiger partial charge in [-0.2, -0.15) is 13.2 Å². The molecule has 0 aromatic rings. The first-order chi connectivity index (χ1) is 9.23. The number of nitrogens with zero attached hydrogens (tertiary/aromatic N) is 2. The Labute approximate surface area is 115 Å². The third-order valence-electron chi connectivity index (χ3n) is 3.28. The van der Waals surface area contributed by atoms with E-state index in [1.807, 2.05) is 0 Å². The van der Waals surface area contributed by atoms with Crippen LogP contribution in [0.4, 0.5) is 13.2 Å². The second-order valence-electron chi connectivity index (χ2n) is 4.94. The highest BCUT2D eigenvalue weighted by Gasteiger charge is 2.36. The molecule has 1 fully saturated rings. The SMILES string of the molecule is CCN(CC(F)(F)F)C(=O)C1CCCN(CC(=O)O)C1. The van der Waals surface area contributed by atoms with E-state index in [4.69, 9.17) is 5.11 Å². The summed E-state index contributed by atoms with van der Waals surface area (Å²) in [5, 5.41) is 8.71. The van der Waals surface area contributed by atoms with E-state index in [1.165, 1.54) is 6.92 Å². The lowest BCUT2D eigenvalue weighted by Crippen LogP contribution is -2.48. The molecule has 1 N–H and O–H groups in total. The Bertz CT molecular complexity index is 360. The van der Waals surface area contributed by atoms with Crippen molar-refractivity contribution in [3.05, 3.63) is 0 Å². The fourth-order valence-electron chi connectivity index (χ4n) is 2.41. The van der Waals surface area contributed by atoms with E-state index in [0.717, 1.165) is 4.90 Å². The van der Waals surface area contributed by atoms with Crippen molar-refractivity contribution in [1.82, 2.24) is 9.80 Å². The van der Waals surface area contributed by atoms with E-state index >= 15 is 0 Å². The molecule has 116 valence electrons. The van der Waals surface area contributed by atoms with Gasteiger partial charge in [0.25, 0.3) is 0 Å². The molecule has 1 aliphatic heterocycles. The van der Waals surface area contributed by atoms with Gasteiger partial charge >= 0.3 is 12.1 Å². The Hall–Kier alpha value is -1.31. The largest absolute Gasteiger partial charge is 0.480 e. The van der Waals surface area contributed by atoms with Crippen LogP contribution < -0.4 is 0 Å². The Morgan fingerprint density at radius 1 is 1.40 bits per heavy atom. The van der Waals surface area contributed by atoms with Gasteiger partial charge in [-0.1, -0.05) is 0 Å². The predicted octanol–water partition coefficient (Wildman–Crippen LogP) is 1.19. The van der Waals surface area contributed by atoms with Gasteiger partial charge in [0.1, 0.15) is 6.54 Å². The summed E-state index contributed by atoms with van der Waals surface area (Å²) in [4.78, 5) is 25.1. The topological polar surface area (TPSA) is 60.9 Å². The summed E-state index contributed by atoms with van der Waals surface area (Å²) < 4.78 is 37.2. The number of halogens is 3. The van der Waals surface area contributed by atoms with Gasteiger partial charge in [-0.05, 0) is 26.3 Å². The van der Waals surface area contributed by atoms with E-state index < -0.39 is 30.5 Å². The number of alkyl halides is 3. The molecular formula is C12H19F3N2O3. The molecule has 0 aliphatic carbocycles. The number of rotatable bonds is 5. The first-order valence-corrected chi connectivity index (χ1v) is 6.52. The molecule has 1 amide bonds. The molecule has 0 aromatic heterocycles. The van der Waals surface area contributed by atoms with Crippen molar-refractivity contribution < 1.29 is 27.9 Å². The van der Waals surface area contributed by atoms with Gasteiger partial charge in [0, 0.05) is 13.1 Å². The third-order valence-corrected chi connectivity index (χ3v) is 3.28. The van der Waals surface area contributed by atoms with Crippen molar-refractivity contribution in [2.24, 2.45) is 5.92 Å². The standard InChI is InChI=1S/C12H19F3N2O3/c1-2-17(8-12(13,14)15)11(20)9-4-3-5-16(6-9)7-10(18)19/h9H,2-8H2,1H3,(H,18,19). The summed E-state index contributed by atoms with van der Waals surface area (Å²) >= 11 is 0. The molecule has 0 saturated carbocycles. The molecule has 20 heavy (non-hydrogen) atoms. The van der Waals surface area contributed by atoms with E-state index in [0.29, 0.717) is 19.4 Å². The lowest BCUT2D eigenvalue weighted by molar-refractivity contribution is -0.164. The smallest absolute Gasteiger partial charge is 0.406 e. The zero-order valence-electron chi connectivity index (χ0n) is 11.3. The number of carbonyl (C=O) groups excluding carboxylic acids is 1. The minimum atomic E-state index is -4.42. The monoisotopic (exact) mass is 296 g/mol. The van der Waals surface area contributed by atoms with Crippen LogP contribution in [0.15, 0.2) is 0 Å². The van der Waals surface area contributed by atoms with Gasteiger partial charge in [-0.25, -0.2) is 0 Å². The summed E-state index contributed by atoms with van der Waals surface area (Å²) in [6, 6.07) is 0. The van der Waals surface area contributed by atoms with Crippen LogP contribution in [0.5, 0.6) is 0 Å². The highest BCUT2D eigenvalue weighted by atomic mass is 19.4. The minimum Gasteiger partial charge on any atom is -0.480 e. The predicted molar refractivity (Wildman–Crippen MR) is 65.1 cm³/mol. The second-order valence-corrected chi connectivity index (χ2v) is 4.94. The normalized spacial score (nSPS) is 20.7. The summed E-state index contributed by atoms with van der Waals surface area (Å²) in [5.41, 5.74) is 0. The summed E-state index contributed by atoms with van der Waals surface area (Å²) in [7, 11) is 0. The Balaban J connectivity index is 2.62. The maximum atomic E-state index is 12.4. The van der Waals surface area contributed by atoms with Crippen LogP contribution in [-0.4, -0.2) is 65.7 Å². The van der Waals surface area contributed by atoms with Crippen molar-refractivity contribution in [2.45, 2.75) is 25.9 Å². The summed E-state index contributed by atoms with van der Waals surface area (Å²) in [5.74, 6) is -2.09. The molecule has 0 radical (unpaired) electrons. The minimum absolute atomic E-state index is 0.00618. The molecule has 5 nitrogen and oxygen atoms in total. The summed E-state index contributed by atoms with van der Waals surface area (Å²) in [6.07, 6.45) is -3.29. The highest BCUT2D eigenvalue weighted by molar-refractivity contribution is 5.79. The van der Waals surface area contributed by atoms with E-state index in [1.54, 1.807) is 4.90 Å². The van der Waals surface area contributed by atoms with Crippen LogP contribution in [0.1, 0.15) is 19.8 Å². The molecule has 1 rings (SSSR count). The number of carboxylic acids is 1. The van der Waals surface area contributed by atoms with Gasteiger partial charge < -0.3 is 10.0 Å². The molecule has 1 saturated heterocycles. The van der Waals surface area contributed by atoms with Crippen LogP contribution in [0, 0.1) is 5.92 Å².